The molecule has 7 heteroatoms. The Balaban J connectivity index is 1.57. The molecule has 0 N–H and O–H groups in total. The van der Waals surface area contributed by atoms with Crippen molar-refractivity contribution in [1.29, 1.82) is 0 Å². The summed E-state index contributed by atoms with van der Waals surface area (Å²) in [5.74, 6) is 1.73. The molecule has 0 aromatic heterocycles. The normalized spacial score (nSPS) is 10.2. The van der Waals surface area contributed by atoms with Gasteiger partial charge in [-0.05, 0) is 48.5 Å². The maximum atomic E-state index is 11.1. The SMILES string of the molecule is C=CC(=O)Oc1ccc(SCCOCCSc2ccc(OC(=O)C=C)cc2)cc1. The van der Waals surface area contributed by atoms with Crippen molar-refractivity contribution in [3.8, 4) is 11.5 Å². The van der Waals surface area contributed by atoms with E-state index in [0.29, 0.717) is 24.7 Å². The Morgan fingerprint density at radius 1 is 0.724 bits per heavy atom. The van der Waals surface area contributed by atoms with Crippen LogP contribution in [0.25, 0.3) is 0 Å². The molecule has 0 saturated heterocycles. The molecule has 0 aliphatic carbocycles. The van der Waals surface area contributed by atoms with Crippen LogP contribution in [0.2, 0.25) is 0 Å². The summed E-state index contributed by atoms with van der Waals surface area (Å²) in [5.41, 5.74) is 0. The summed E-state index contributed by atoms with van der Waals surface area (Å²) < 4.78 is 15.7. The van der Waals surface area contributed by atoms with Crippen LogP contribution in [-0.4, -0.2) is 36.7 Å². The summed E-state index contributed by atoms with van der Waals surface area (Å²) >= 11 is 3.35. The quantitative estimate of drug-likeness (QED) is 0.158. The zero-order chi connectivity index (χ0) is 20.9. The van der Waals surface area contributed by atoms with Crippen molar-refractivity contribution in [3.05, 3.63) is 73.8 Å². The van der Waals surface area contributed by atoms with Crippen LogP contribution in [0.3, 0.4) is 0 Å². The molecule has 0 fully saturated rings. The smallest absolute Gasteiger partial charge is 0.335 e. The first kappa shape index (κ1) is 22.8. The van der Waals surface area contributed by atoms with E-state index >= 15 is 0 Å². The minimum atomic E-state index is -0.469. The van der Waals surface area contributed by atoms with Gasteiger partial charge in [0.2, 0.25) is 0 Å². The largest absolute Gasteiger partial charge is 0.423 e. The molecule has 152 valence electrons. The van der Waals surface area contributed by atoms with Gasteiger partial charge in [0.1, 0.15) is 11.5 Å². The number of thioether (sulfide) groups is 2. The van der Waals surface area contributed by atoms with Gasteiger partial charge in [0.05, 0.1) is 13.2 Å². The molecule has 0 aliphatic rings. The molecule has 0 unspecified atom stereocenters. The summed E-state index contributed by atoms with van der Waals surface area (Å²) in [5, 5.41) is 0. The lowest BCUT2D eigenvalue weighted by molar-refractivity contribution is -0.129. The highest BCUT2D eigenvalue weighted by molar-refractivity contribution is 7.99. The van der Waals surface area contributed by atoms with E-state index in [2.05, 4.69) is 13.2 Å². The maximum absolute atomic E-state index is 11.1. The molecule has 5 nitrogen and oxygen atoms in total. The van der Waals surface area contributed by atoms with Gasteiger partial charge < -0.3 is 14.2 Å². The molecule has 0 bridgehead atoms. The van der Waals surface area contributed by atoms with Crippen LogP contribution in [0, 0.1) is 0 Å². The number of rotatable bonds is 12. The van der Waals surface area contributed by atoms with Crippen LogP contribution in [0.5, 0.6) is 11.5 Å². The predicted molar refractivity (Wildman–Crippen MR) is 117 cm³/mol. The summed E-state index contributed by atoms with van der Waals surface area (Å²) in [7, 11) is 0. The van der Waals surface area contributed by atoms with Crippen molar-refractivity contribution in [1.82, 2.24) is 0 Å². The minimum absolute atomic E-state index is 0.469. The highest BCUT2D eigenvalue weighted by Crippen LogP contribution is 2.23. The Morgan fingerprint density at radius 3 is 1.45 bits per heavy atom. The van der Waals surface area contributed by atoms with Crippen LogP contribution in [-0.2, 0) is 14.3 Å². The topological polar surface area (TPSA) is 61.8 Å². The van der Waals surface area contributed by atoms with Crippen molar-refractivity contribution >= 4 is 35.5 Å². The van der Waals surface area contributed by atoms with Crippen LogP contribution < -0.4 is 9.47 Å². The molecule has 0 spiro atoms. The Kier molecular flexibility index (Phi) is 10.1. The number of ether oxygens (including phenoxy) is 3. The molecule has 0 saturated carbocycles. The van der Waals surface area contributed by atoms with Crippen LogP contribution in [0.1, 0.15) is 0 Å². The summed E-state index contributed by atoms with van der Waals surface area (Å²) in [6, 6.07) is 14.6. The fourth-order valence-corrected chi connectivity index (χ4v) is 3.59. The fourth-order valence-electron chi connectivity index (χ4n) is 2.06. The van der Waals surface area contributed by atoms with Gasteiger partial charge in [-0.25, -0.2) is 9.59 Å². The predicted octanol–water partition coefficient (Wildman–Crippen LogP) is 4.77. The lowest BCUT2D eigenvalue weighted by atomic mass is 10.3. The van der Waals surface area contributed by atoms with Crippen LogP contribution in [0.4, 0.5) is 0 Å². The molecular formula is C22H22O5S2. The maximum Gasteiger partial charge on any atom is 0.335 e. The molecular weight excluding hydrogens is 408 g/mol. The number of hydrogen-bond acceptors (Lipinski definition) is 7. The number of carbonyl (C=O) groups excluding carboxylic acids is 2. The number of benzene rings is 2. The molecule has 2 aromatic rings. The zero-order valence-electron chi connectivity index (χ0n) is 15.9. The van der Waals surface area contributed by atoms with Gasteiger partial charge in [-0.2, -0.15) is 0 Å². The summed E-state index contributed by atoms with van der Waals surface area (Å²) in [4.78, 5) is 24.4. The molecule has 0 amide bonds. The van der Waals surface area contributed by atoms with Gasteiger partial charge in [-0.15, -0.1) is 23.5 Å². The standard InChI is InChI=1S/C22H22O5S2/c1-3-21(23)26-17-5-9-19(10-6-17)28-15-13-25-14-16-29-20-11-7-18(8-12-20)27-22(24)4-2/h3-12H,1-2,13-16H2. The zero-order valence-corrected chi connectivity index (χ0v) is 17.5. The van der Waals surface area contributed by atoms with Gasteiger partial charge in [0.25, 0.3) is 0 Å². The van der Waals surface area contributed by atoms with Gasteiger partial charge in [-0.1, -0.05) is 13.2 Å². The second-order valence-corrected chi connectivity index (χ2v) is 7.84. The third-order valence-corrected chi connectivity index (χ3v) is 5.36. The number of carbonyl (C=O) groups is 2. The van der Waals surface area contributed by atoms with Gasteiger partial charge in [-0.3, -0.25) is 0 Å². The summed E-state index contributed by atoms with van der Waals surface area (Å²) in [6.07, 6.45) is 2.27. The molecule has 0 atom stereocenters. The van der Waals surface area contributed by atoms with Crippen molar-refractivity contribution < 1.29 is 23.8 Å². The monoisotopic (exact) mass is 430 g/mol. The molecule has 0 radical (unpaired) electrons. The van der Waals surface area contributed by atoms with E-state index in [1.54, 1.807) is 47.8 Å². The molecule has 29 heavy (non-hydrogen) atoms. The molecule has 0 aliphatic heterocycles. The molecule has 2 aromatic carbocycles. The van der Waals surface area contributed by atoms with E-state index in [0.717, 1.165) is 33.4 Å². The Bertz CT molecular complexity index is 747. The van der Waals surface area contributed by atoms with Gasteiger partial charge in [0, 0.05) is 33.4 Å². The second-order valence-electron chi connectivity index (χ2n) is 5.50. The molecule has 0 heterocycles. The summed E-state index contributed by atoms with van der Waals surface area (Å²) in [6.45, 7) is 8.03. The first-order valence-electron chi connectivity index (χ1n) is 8.82. The van der Waals surface area contributed by atoms with Gasteiger partial charge in [0.15, 0.2) is 0 Å². The first-order chi connectivity index (χ1) is 14.1. The second kappa shape index (κ2) is 12.9. The highest BCUT2D eigenvalue weighted by atomic mass is 32.2. The Morgan fingerprint density at radius 2 is 1.10 bits per heavy atom. The third-order valence-electron chi connectivity index (χ3n) is 3.41. The average Bonchev–Trinajstić information content (AvgIpc) is 2.75. The average molecular weight is 431 g/mol. The van der Waals surface area contributed by atoms with E-state index in [9.17, 15) is 9.59 Å². The number of hydrogen-bond donors (Lipinski definition) is 0. The Hall–Kier alpha value is -2.48. The number of esters is 2. The molecule has 2 rings (SSSR count). The van der Waals surface area contributed by atoms with Crippen molar-refractivity contribution in [2.75, 3.05) is 24.7 Å². The van der Waals surface area contributed by atoms with Crippen molar-refractivity contribution in [2.45, 2.75) is 9.79 Å². The van der Waals surface area contributed by atoms with Crippen LogP contribution >= 0.6 is 23.5 Å². The lowest BCUT2D eigenvalue weighted by Crippen LogP contribution is -2.03. The van der Waals surface area contributed by atoms with E-state index in [4.69, 9.17) is 14.2 Å². The van der Waals surface area contributed by atoms with E-state index in [-0.39, 0.29) is 0 Å². The Labute approximate surface area is 179 Å². The van der Waals surface area contributed by atoms with E-state index in [1.165, 1.54) is 0 Å². The lowest BCUT2D eigenvalue weighted by Gasteiger charge is -2.06. The van der Waals surface area contributed by atoms with Gasteiger partial charge >= 0.3 is 11.9 Å². The highest BCUT2D eigenvalue weighted by Gasteiger charge is 2.02. The third kappa shape index (κ3) is 9.04. The van der Waals surface area contributed by atoms with Crippen LogP contribution in [0.15, 0.2) is 83.6 Å². The fraction of sp³-hybridized carbons (Fsp3) is 0.182. The van der Waals surface area contributed by atoms with E-state index in [1.807, 2.05) is 24.3 Å². The minimum Gasteiger partial charge on any atom is -0.423 e. The van der Waals surface area contributed by atoms with Crippen molar-refractivity contribution in [3.63, 3.8) is 0 Å². The van der Waals surface area contributed by atoms with E-state index < -0.39 is 11.9 Å². The first-order valence-corrected chi connectivity index (χ1v) is 10.8. The van der Waals surface area contributed by atoms with Crippen molar-refractivity contribution in [2.24, 2.45) is 0 Å².